The summed E-state index contributed by atoms with van der Waals surface area (Å²) >= 11 is 0. The summed E-state index contributed by atoms with van der Waals surface area (Å²) in [7, 11) is 1.66. The molecule has 218 valence electrons. The standard InChI is InChI=1S/C29H36N6O6/c1-17-14-35(18(2)16-36)27(37)22-12-9-13-23(31-28(38)32-25-19(3)33-41-20(25)4)26(22)40-24(17)15-34(5)29(39)30-21-10-7-6-8-11-21/h6-13,17-18,24,36H,14-16H2,1-5H3,(H,30,39)(H2,31,32,38)/t17-,18+,24+/m1/s1. The van der Waals surface area contributed by atoms with Crippen LogP contribution in [-0.2, 0) is 0 Å². The number of carbonyl (C=O) groups excluding carboxylic acids is 3. The Hall–Kier alpha value is -4.58. The van der Waals surface area contributed by atoms with Crippen LogP contribution < -0.4 is 20.7 Å². The van der Waals surface area contributed by atoms with Crippen LogP contribution in [-0.4, -0.2) is 76.9 Å². The molecule has 4 rings (SSSR count). The van der Waals surface area contributed by atoms with Crippen LogP contribution in [0.25, 0.3) is 0 Å². The average Bonchev–Trinajstić information content (AvgIpc) is 3.27. The van der Waals surface area contributed by atoms with Crippen LogP contribution in [0.4, 0.5) is 26.7 Å². The Labute approximate surface area is 238 Å². The van der Waals surface area contributed by atoms with Crippen LogP contribution in [0.3, 0.4) is 0 Å². The first-order valence-electron chi connectivity index (χ1n) is 13.4. The summed E-state index contributed by atoms with van der Waals surface area (Å²) in [5.41, 5.74) is 2.12. The number of aliphatic hydroxyl groups is 1. The molecule has 0 saturated carbocycles. The molecule has 4 N–H and O–H groups in total. The van der Waals surface area contributed by atoms with Crippen LogP contribution in [0.15, 0.2) is 53.1 Å². The van der Waals surface area contributed by atoms with E-state index in [1.807, 2.05) is 25.1 Å². The lowest BCUT2D eigenvalue weighted by Crippen LogP contribution is -2.50. The van der Waals surface area contributed by atoms with Gasteiger partial charge in [-0.05, 0) is 45.0 Å². The molecule has 0 unspecified atom stereocenters. The lowest BCUT2D eigenvalue weighted by molar-refractivity contribution is 0.0373. The van der Waals surface area contributed by atoms with Gasteiger partial charge in [-0.25, -0.2) is 9.59 Å². The Balaban J connectivity index is 1.63. The smallest absolute Gasteiger partial charge is 0.323 e. The number of anilines is 3. The minimum atomic E-state index is -0.574. The fraction of sp³-hybridized carbons (Fsp3) is 0.379. The fourth-order valence-electron chi connectivity index (χ4n) is 4.58. The molecule has 2 heterocycles. The van der Waals surface area contributed by atoms with Gasteiger partial charge >= 0.3 is 12.1 Å². The van der Waals surface area contributed by atoms with E-state index in [-0.39, 0.29) is 48.0 Å². The van der Waals surface area contributed by atoms with Gasteiger partial charge in [0.25, 0.3) is 5.91 Å². The maximum atomic E-state index is 13.7. The van der Waals surface area contributed by atoms with Gasteiger partial charge in [0.05, 0.1) is 30.4 Å². The van der Waals surface area contributed by atoms with Gasteiger partial charge in [0.1, 0.15) is 17.5 Å². The van der Waals surface area contributed by atoms with Crippen molar-refractivity contribution in [3.8, 4) is 5.75 Å². The molecule has 5 amide bonds. The van der Waals surface area contributed by atoms with Gasteiger partial charge in [0.2, 0.25) is 0 Å². The highest BCUT2D eigenvalue weighted by molar-refractivity contribution is 6.04. The van der Waals surface area contributed by atoms with Crippen LogP contribution in [0.5, 0.6) is 5.75 Å². The average molecular weight is 565 g/mol. The molecular formula is C29H36N6O6. The number of fused-ring (bicyclic) bond motifs is 1. The number of likely N-dealkylation sites (N-methyl/N-ethyl adjacent to an activating group) is 1. The molecular weight excluding hydrogens is 528 g/mol. The summed E-state index contributed by atoms with van der Waals surface area (Å²) in [6, 6.07) is 12.6. The third-order valence-electron chi connectivity index (χ3n) is 7.04. The van der Waals surface area contributed by atoms with E-state index in [4.69, 9.17) is 9.26 Å². The van der Waals surface area contributed by atoms with Crippen molar-refractivity contribution in [2.24, 2.45) is 5.92 Å². The Morgan fingerprint density at radius 3 is 2.51 bits per heavy atom. The van der Waals surface area contributed by atoms with Gasteiger partial charge in [-0.2, -0.15) is 0 Å². The van der Waals surface area contributed by atoms with Crippen LogP contribution in [0, 0.1) is 19.8 Å². The fourth-order valence-corrected chi connectivity index (χ4v) is 4.58. The van der Waals surface area contributed by atoms with E-state index in [9.17, 15) is 19.5 Å². The van der Waals surface area contributed by atoms with Gasteiger partial charge in [-0.15, -0.1) is 0 Å². The first kappa shape index (κ1) is 29.4. The molecule has 2 aromatic carbocycles. The summed E-state index contributed by atoms with van der Waals surface area (Å²) in [5.74, 6) is 0.0517. The topological polar surface area (TPSA) is 149 Å². The molecule has 0 bridgehead atoms. The molecule has 0 fully saturated rings. The van der Waals surface area contributed by atoms with E-state index in [1.165, 1.54) is 4.90 Å². The van der Waals surface area contributed by atoms with E-state index >= 15 is 0 Å². The molecule has 0 saturated heterocycles. The molecule has 0 radical (unpaired) electrons. The number of urea groups is 2. The first-order valence-corrected chi connectivity index (χ1v) is 13.4. The number of aryl methyl sites for hydroxylation is 2. The number of hydrogen-bond acceptors (Lipinski definition) is 7. The molecule has 41 heavy (non-hydrogen) atoms. The lowest BCUT2D eigenvalue weighted by atomic mass is 9.99. The van der Waals surface area contributed by atoms with E-state index in [2.05, 4.69) is 21.1 Å². The molecule has 12 nitrogen and oxygen atoms in total. The summed E-state index contributed by atoms with van der Waals surface area (Å²) in [6.07, 6.45) is -0.560. The van der Waals surface area contributed by atoms with E-state index in [0.717, 1.165) is 0 Å². The van der Waals surface area contributed by atoms with Crippen molar-refractivity contribution in [2.45, 2.75) is 39.8 Å². The molecule has 1 aromatic heterocycles. The maximum absolute atomic E-state index is 13.7. The van der Waals surface area contributed by atoms with Gasteiger partial charge in [0.15, 0.2) is 11.5 Å². The first-order chi connectivity index (χ1) is 19.6. The summed E-state index contributed by atoms with van der Waals surface area (Å²) in [6.45, 7) is 7.33. The molecule has 1 aliphatic rings. The second-order valence-corrected chi connectivity index (χ2v) is 10.3. The van der Waals surface area contributed by atoms with Crippen molar-refractivity contribution in [3.63, 3.8) is 0 Å². The van der Waals surface area contributed by atoms with E-state index in [0.29, 0.717) is 29.4 Å². The molecule has 3 aromatic rings. The number of nitrogens with zero attached hydrogens (tertiary/aromatic N) is 3. The van der Waals surface area contributed by atoms with Gasteiger partial charge in [-0.1, -0.05) is 36.3 Å². The predicted molar refractivity (Wildman–Crippen MR) is 154 cm³/mol. The zero-order valence-corrected chi connectivity index (χ0v) is 23.8. The highest BCUT2D eigenvalue weighted by Gasteiger charge is 2.35. The number of aromatic nitrogens is 1. The normalized spacial score (nSPS) is 17.4. The predicted octanol–water partition coefficient (Wildman–Crippen LogP) is 4.32. The number of benzene rings is 2. The zero-order valence-electron chi connectivity index (χ0n) is 23.8. The Morgan fingerprint density at radius 1 is 1.12 bits per heavy atom. The number of amides is 5. The Morgan fingerprint density at radius 2 is 1.85 bits per heavy atom. The number of aliphatic hydroxyl groups excluding tert-OH is 1. The van der Waals surface area contributed by atoms with Gasteiger partial charge < -0.3 is 40.1 Å². The minimum absolute atomic E-state index is 0.176. The number of para-hydroxylation sites is 2. The number of rotatable bonds is 7. The quantitative estimate of drug-likeness (QED) is 0.334. The lowest BCUT2D eigenvalue weighted by Gasteiger charge is -2.38. The Kier molecular flexibility index (Phi) is 9.13. The van der Waals surface area contributed by atoms with Crippen molar-refractivity contribution >= 4 is 35.0 Å². The minimum Gasteiger partial charge on any atom is -0.485 e. The number of hydrogen-bond donors (Lipinski definition) is 4. The van der Waals surface area contributed by atoms with Crippen LogP contribution >= 0.6 is 0 Å². The molecule has 3 atom stereocenters. The molecule has 1 aliphatic heterocycles. The van der Waals surface area contributed by atoms with Crippen molar-refractivity contribution in [2.75, 3.05) is 42.7 Å². The maximum Gasteiger partial charge on any atom is 0.323 e. The van der Waals surface area contributed by atoms with E-state index < -0.39 is 18.2 Å². The number of ether oxygens (including phenoxy) is 1. The van der Waals surface area contributed by atoms with Crippen LogP contribution in [0.2, 0.25) is 0 Å². The Bertz CT molecular complexity index is 1370. The molecule has 0 spiro atoms. The highest BCUT2D eigenvalue weighted by Crippen LogP contribution is 2.35. The monoisotopic (exact) mass is 564 g/mol. The highest BCUT2D eigenvalue weighted by atomic mass is 16.5. The van der Waals surface area contributed by atoms with Crippen molar-refractivity contribution in [3.05, 3.63) is 65.5 Å². The van der Waals surface area contributed by atoms with Gasteiger partial charge in [-0.3, -0.25) is 4.79 Å². The molecule has 12 heteroatoms. The summed E-state index contributed by atoms with van der Waals surface area (Å²) in [5, 5.41) is 22.1. The van der Waals surface area contributed by atoms with E-state index in [1.54, 1.807) is 63.1 Å². The zero-order chi connectivity index (χ0) is 29.7. The number of carbonyl (C=O) groups is 3. The summed E-state index contributed by atoms with van der Waals surface area (Å²) in [4.78, 5) is 42.7. The van der Waals surface area contributed by atoms with Crippen molar-refractivity contribution in [1.29, 1.82) is 0 Å². The number of nitrogens with one attached hydrogen (secondary N) is 3. The van der Waals surface area contributed by atoms with Gasteiger partial charge in [0, 0.05) is 25.2 Å². The largest absolute Gasteiger partial charge is 0.485 e. The van der Waals surface area contributed by atoms with Crippen molar-refractivity contribution < 1.29 is 28.8 Å². The summed E-state index contributed by atoms with van der Waals surface area (Å²) < 4.78 is 11.6. The van der Waals surface area contributed by atoms with Crippen LogP contribution in [0.1, 0.15) is 35.7 Å². The molecule has 0 aliphatic carbocycles. The van der Waals surface area contributed by atoms with Crippen molar-refractivity contribution in [1.82, 2.24) is 15.0 Å². The second kappa shape index (κ2) is 12.7. The third-order valence-corrected chi connectivity index (χ3v) is 7.04. The third kappa shape index (κ3) is 6.77. The SMILES string of the molecule is Cc1noc(C)c1NC(=O)Nc1cccc2c1O[C@@H](CN(C)C(=O)Nc1ccccc1)[C@H](C)CN([C@@H](C)CO)C2=O. The second-order valence-electron chi connectivity index (χ2n) is 10.3.